The fourth-order valence-electron chi connectivity index (χ4n) is 1.47. The van der Waals surface area contributed by atoms with Crippen LogP contribution in [0.3, 0.4) is 0 Å². The van der Waals surface area contributed by atoms with Crippen molar-refractivity contribution in [2.24, 2.45) is 0 Å². The molecule has 1 aromatic carbocycles. The number of rotatable bonds is 3. The molecule has 0 aliphatic heterocycles. The Morgan fingerprint density at radius 3 is 2.16 bits per heavy atom. The zero-order chi connectivity index (χ0) is 14.8. The van der Waals surface area contributed by atoms with Gasteiger partial charge in [-0.3, -0.25) is 0 Å². The summed E-state index contributed by atoms with van der Waals surface area (Å²) in [5.41, 5.74) is -0.682. The molecular weight excluding hydrogens is 340 g/mol. The Hall–Kier alpha value is -0.920. The van der Waals surface area contributed by atoms with Crippen LogP contribution in [0.4, 0.5) is 32.0 Å². The van der Waals surface area contributed by atoms with E-state index < -0.39 is 30.4 Å². The summed E-state index contributed by atoms with van der Waals surface area (Å²) in [6, 6.07) is 1.79. The number of hydrogen-bond donors (Lipinski definition) is 1. The highest BCUT2D eigenvalue weighted by molar-refractivity contribution is 9.10. The van der Waals surface area contributed by atoms with E-state index in [1.165, 1.54) is 6.92 Å². The second kappa shape index (κ2) is 5.60. The Bertz CT molecular complexity index is 440. The summed E-state index contributed by atoms with van der Waals surface area (Å²) >= 11 is 2.90. The molecule has 0 amide bonds. The van der Waals surface area contributed by atoms with Crippen LogP contribution in [0.15, 0.2) is 22.7 Å². The standard InChI is InChI=1S/C11H10BrF6N/c1-6(5-10(13,14)15)19-9-3-2-7(4-8(9)12)11(16,17)18/h2-4,6,19H,5H2,1H3. The monoisotopic (exact) mass is 349 g/mol. The molecule has 0 aliphatic rings. The summed E-state index contributed by atoms with van der Waals surface area (Å²) in [5.74, 6) is 0. The van der Waals surface area contributed by atoms with Crippen LogP contribution in [0.5, 0.6) is 0 Å². The van der Waals surface area contributed by atoms with E-state index in [2.05, 4.69) is 21.2 Å². The van der Waals surface area contributed by atoms with E-state index >= 15 is 0 Å². The van der Waals surface area contributed by atoms with Crippen LogP contribution >= 0.6 is 15.9 Å². The van der Waals surface area contributed by atoms with Gasteiger partial charge in [-0.05, 0) is 41.1 Å². The molecule has 0 heterocycles. The van der Waals surface area contributed by atoms with Gasteiger partial charge in [-0.2, -0.15) is 26.3 Å². The summed E-state index contributed by atoms with van der Waals surface area (Å²) in [6.07, 6.45) is -9.89. The summed E-state index contributed by atoms with van der Waals surface area (Å²) in [4.78, 5) is 0. The van der Waals surface area contributed by atoms with Crippen molar-refractivity contribution in [1.82, 2.24) is 0 Å². The highest BCUT2D eigenvalue weighted by atomic mass is 79.9. The Labute approximate surface area is 114 Å². The molecule has 1 rings (SSSR count). The first-order valence-electron chi connectivity index (χ1n) is 5.19. The molecule has 0 saturated carbocycles. The largest absolute Gasteiger partial charge is 0.416 e. The maximum atomic E-state index is 12.4. The molecule has 0 radical (unpaired) electrons. The van der Waals surface area contributed by atoms with Gasteiger partial charge >= 0.3 is 12.4 Å². The molecule has 0 aliphatic carbocycles. The van der Waals surface area contributed by atoms with Crippen LogP contribution in [-0.2, 0) is 6.18 Å². The van der Waals surface area contributed by atoms with E-state index in [1.54, 1.807) is 0 Å². The zero-order valence-corrected chi connectivity index (χ0v) is 11.2. The lowest BCUT2D eigenvalue weighted by Crippen LogP contribution is -2.24. The first-order valence-corrected chi connectivity index (χ1v) is 5.98. The summed E-state index contributed by atoms with van der Waals surface area (Å²) < 4.78 is 73.6. The van der Waals surface area contributed by atoms with Crippen LogP contribution < -0.4 is 5.32 Å². The number of anilines is 1. The molecule has 0 saturated heterocycles. The van der Waals surface area contributed by atoms with Crippen molar-refractivity contribution in [3.63, 3.8) is 0 Å². The molecule has 1 aromatic rings. The van der Waals surface area contributed by atoms with E-state index in [9.17, 15) is 26.3 Å². The first-order chi connectivity index (χ1) is 8.49. The Kier molecular flexibility index (Phi) is 4.76. The van der Waals surface area contributed by atoms with Crippen LogP contribution in [0.1, 0.15) is 18.9 Å². The second-order valence-electron chi connectivity index (χ2n) is 4.06. The lowest BCUT2D eigenvalue weighted by Gasteiger charge is -2.18. The van der Waals surface area contributed by atoms with Gasteiger partial charge in [-0.15, -0.1) is 0 Å². The van der Waals surface area contributed by atoms with E-state index in [0.717, 1.165) is 18.2 Å². The third-order valence-electron chi connectivity index (χ3n) is 2.24. The summed E-state index contributed by atoms with van der Waals surface area (Å²) in [5, 5.41) is 2.51. The minimum atomic E-state index is -4.49. The minimum Gasteiger partial charge on any atom is -0.381 e. The quantitative estimate of drug-likeness (QED) is 0.737. The van der Waals surface area contributed by atoms with Crippen LogP contribution in [0, 0.1) is 0 Å². The number of benzene rings is 1. The molecule has 108 valence electrons. The Morgan fingerprint density at radius 1 is 1.16 bits per heavy atom. The van der Waals surface area contributed by atoms with Gasteiger partial charge in [0.25, 0.3) is 0 Å². The lowest BCUT2D eigenvalue weighted by atomic mass is 10.1. The molecular formula is C11H10BrF6N. The first kappa shape index (κ1) is 16.1. The van der Waals surface area contributed by atoms with Crippen molar-refractivity contribution in [3.8, 4) is 0 Å². The lowest BCUT2D eigenvalue weighted by molar-refractivity contribution is -0.137. The second-order valence-corrected chi connectivity index (χ2v) is 4.91. The molecule has 1 atom stereocenters. The van der Waals surface area contributed by atoms with Gasteiger partial charge in [0.15, 0.2) is 0 Å². The van der Waals surface area contributed by atoms with E-state index in [0.29, 0.717) is 0 Å². The van der Waals surface area contributed by atoms with Crippen molar-refractivity contribution in [3.05, 3.63) is 28.2 Å². The van der Waals surface area contributed by atoms with E-state index in [-0.39, 0.29) is 10.2 Å². The maximum absolute atomic E-state index is 12.4. The van der Waals surface area contributed by atoms with Crippen LogP contribution in [-0.4, -0.2) is 12.2 Å². The fourth-order valence-corrected chi connectivity index (χ4v) is 1.97. The van der Waals surface area contributed by atoms with Gasteiger partial charge in [0, 0.05) is 16.2 Å². The van der Waals surface area contributed by atoms with Crippen LogP contribution in [0.25, 0.3) is 0 Å². The average Bonchev–Trinajstić information content (AvgIpc) is 2.16. The molecule has 8 heteroatoms. The maximum Gasteiger partial charge on any atom is 0.416 e. The smallest absolute Gasteiger partial charge is 0.381 e. The van der Waals surface area contributed by atoms with Crippen molar-refractivity contribution in [2.45, 2.75) is 31.7 Å². The number of nitrogens with one attached hydrogen (secondary N) is 1. The number of alkyl halides is 6. The summed E-state index contributed by atoms with van der Waals surface area (Å²) in [7, 11) is 0. The van der Waals surface area contributed by atoms with Gasteiger partial charge in [0.2, 0.25) is 0 Å². The average molecular weight is 350 g/mol. The number of halogens is 7. The third-order valence-corrected chi connectivity index (χ3v) is 2.89. The Balaban J connectivity index is 2.81. The predicted octanol–water partition coefficient (Wildman–Crippen LogP) is 5.22. The summed E-state index contributed by atoms with van der Waals surface area (Å²) in [6.45, 7) is 1.30. The fraction of sp³-hybridized carbons (Fsp3) is 0.455. The van der Waals surface area contributed by atoms with Crippen molar-refractivity contribution in [1.29, 1.82) is 0 Å². The highest BCUT2D eigenvalue weighted by Crippen LogP contribution is 2.34. The van der Waals surface area contributed by atoms with Crippen molar-refractivity contribution < 1.29 is 26.3 Å². The van der Waals surface area contributed by atoms with E-state index in [4.69, 9.17) is 0 Å². The molecule has 1 N–H and O–H groups in total. The molecule has 1 nitrogen and oxygen atoms in total. The Morgan fingerprint density at radius 2 is 1.74 bits per heavy atom. The SMILES string of the molecule is CC(CC(F)(F)F)Nc1ccc(C(F)(F)F)cc1Br. The van der Waals surface area contributed by atoms with Crippen molar-refractivity contribution in [2.75, 3.05) is 5.32 Å². The molecule has 19 heavy (non-hydrogen) atoms. The van der Waals surface area contributed by atoms with Crippen LogP contribution in [0.2, 0.25) is 0 Å². The minimum absolute atomic E-state index is 0.0661. The van der Waals surface area contributed by atoms with Gasteiger partial charge < -0.3 is 5.32 Å². The van der Waals surface area contributed by atoms with Gasteiger partial charge in [-0.25, -0.2) is 0 Å². The number of hydrogen-bond acceptors (Lipinski definition) is 1. The van der Waals surface area contributed by atoms with Crippen molar-refractivity contribution >= 4 is 21.6 Å². The third kappa shape index (κ3) is 5.30. The molecule has 1 unspecified atom stereocenters. The normalized spacial score (nSPS) is 14.3. The van der Waals surface area contributed by atoms with Gasteiger partial charge in [0.05, 0.1) is 12.0 Å². The molecule has 0 fully saturated rings. The van der Waals surface area contributed by atoms with Gasteiger partial charge in [0.1, 0.15) is 0 Å². The highest BCUT2D eigenvalue weighted by Gasteiger charge is 2.32. The van der Waals surface area contributed by atoms with E-state index in [1.807, 2.05) is 0 Å². The topological polar surface area (TPSA) is 12.0 Å². The molecule has 0 spiro atoms. The predicted molar refractivity (Wildman–Crippen MR) is 62.9 cm³/mol. The molecule has 0 bridgehead atoms. The molecule has 0 aromatic heterocycles. The zero-order valence-electron chi connectivity index (χ0n) is 9.66. The van der Waals surface area contributed by atoms with Gasteiger partial charge in [-0.1, -0.05) is 0 Å².